The summed E-state index contributed by atoms with van der Waals surface area (Å²) >= 11 is 3.32. The lowest BCUT2D eigenvalue weighted by Crippen LogP contribution is -2.20. The summed E-state index contributed by atoms with van der Waals surface area (Å²) in [5.74, 6) is 0. The minimum Gasteiger partial charge on any atom is -0.377 e. The van der Waals surface area contributed by atoms with Gasteiger partial charge in [-0.2, -0.15) is 0 Å². The van der Waals surface area contributed by atoms with Crippen molar-refractivity contribution in [2.45, 2.75) is 26.0 Å². The lowest BCUT2D eigenvalue weighted by atomic mass is 10.2. The van der Waals surface area contributed by atoms with Crippen LogP contribution in [0.3, 0.4) is 0 Å². The highest BCUT2D eigenvalue weighted by atomic mass is 79.9. The highest BCUT2D eigenvalue weighted by Gasteiger charge is 2.08. The molecule has 78 valence electrons. The van der Waals surface area contributed by atoms with Gasteiger partial charge in [0.1, 0.15) is 0 Å². The summed E-state index contributed by atoms with van der Waals surface area (Å²) in [5, 5.41) is 0. The molecule has 1 unspecified atom stereocenters. The topological polar surface area (TPSA) is 48.1 Å². The molecule has 1 aromatic heterocycles. The standard InChI is InChI=1S/C10H15BrN2O/c1-7(2)14-6-9(12)10-4-3-8(11)5-13-10/h3-5,7,9H,6,12H2,1-2H3. The summed E-state index contributed by atoms with van der Waals surface area (Å²) in [5.41, 5.74) is 6.75. The Kier molecular flexibility index (Phi) is 4.51. The third kappa shape index (κ3) is 3.74. The average Bonchev–Trinajstić information content (AvgIpc) is 2.15. The molecule has 0 aromatic carbocycles. The van der Waals surface area contributed by atoms with Crippen molar-refractivity contribution in [3.63, 3.8) is 0 Å². The summed E-state index contributed by atoms with van der Waals surface area (Å²) < 4.78 is 6.37. The van der Waals surface area contributed by atoms with Gasteiger partial charge in [-0.05, 0) is 41.9 Å². The van der Waals surface area contributed by atoms with E-state index in [-0.39, 0.29) is 12.1 Å². The Morgan fingerprint density at radius 1 is 1.50 bits per heavy atom. The van der Waals surface area contributed by atoms with Gasteiger partial charge in [-0.1, -0.05) is 0 Å². The number of hydrogen-bond acceptors (Lipinski definition) is 3. The molecule has 0 aliphatic carbocycles. The Bertz CT molecular complexity index is 274. The van der Waals surface area contributed by atoms with E-state index in [1.165, 1.54) is 0 Å². The van der Waals surface area contributed by atoms with E-state index in [0.29, 0.717) is 6.61 Å². The third-order valence-corrected chi connectivity index (χ3v) is 2.21. The number of hydrogen-bond donors (Lipinski definition) is 1. The molecule has 2 N–H and O–H groups in total. The average molecular weight is 259 g/mol. The maximum Gasteiger partial charge on any atom is 0.0707 e. The Labute approximate surface area is 92.8 Å². The van der Waals surface area contributed by atoms with E-state index < -0.39 is 0 Å². The summed E-state index contributed by atoms with van der Waals surface area (Å²) in [6.45, 7) is 4.48. The maximum absolute atomic E-state index is 5.89. The molecule has 14 heavy (non-hydrogen) atoms. The number of aromatic nitrogens is 1. The van der Waals surface area contributed by atoms with Gasteiger partial charge in [-0.25, -0.2) is 0 Å². The molecule has 0 spiro atoms. The first-order valence-electron chi connectivity index (χ1n) is 4.58. The molecule has 4 heteroatoms. The molecular formula is C10H15BrN2O. The number of nitrogens with zero attached hydrogens (tertiary/aromatic N) is 1. The highest BCUT2D eigenvalue weighted by Crippen LogP contribution is 2.12. The van der Waals surface area contributed by atoms with E-state index in [1.54, 1.807) is 6.20 Å². The van der Waals surface area contributed by atoms with E-state index in [0.717, 1.165) is 10.2 Å². The van der Waals surface area contributed by atoms with Gasteiger partial charge < -0.3 is 10.5 Å². The molecule has 0 aliphatic rings. The predicted octanol–water partition coefficient (Wildman–Crippen LogP) is 2.27. The van der Waals surface area contributed by atoms with Gasteiger partial charge in [-0.3, -0.25) is 4.98 Å². The van der Waals surface area contributed by atoms with Gasteiger partial charge in [0.15, 0.2) is 0 Å². The van der Waals surface area contributed by atoms with Crippen LogP contribution in [-0.2, 0) is 4.74 Å². The summed E-state index contributed by atoms with van der Waals surface area (Å²) in [6, 6.07) is 3.68. The van der Waals surface area contributed by atoms with Crippen molar-refractivity contribution in [1.29, 1.82) is 0 Å². The predicted molar refractivity (Wildman–Crippen MR) is 60.0 cm³/mol. The first-order valence-corrected chi connectivity index (χ1v) is 5.37. The van der Waals surface area contributed by atoms with Gasteiger partial charge >= 0.3 is 0 Å². The van der Waals surface area contributed by atoms with Crippen LogP contribution in [0.15, 0.2) is 22.8 Å². The van der Waals surface area contributed by atoms with Gasteiger partial charge in [0.25, 0.3) is 0 Å². The van der Waals surface area contributed by atoms with Gasteiger partial charge in [0.2, 0.25) is 0 Å². The normalized spacial score (nSPS) is 13.2. The van der Waals surface area contributed by atoms with Crippen molar-refractivity contribution in [3.8, 4) is 0 Å². The molecule has 0 amide bonds. The zero-order valence-corrected chi connectivity index (χ0v) is 9.99. The molecule has 0 aliphatic heterocycles. The number of ether oxygens (including phenoxy) is 1. The number of halogens is 1. The first kappa shape index (κ1) is 11.6. The lowest BCUT2D eigenvalue weighted by Gasteiger charge is -2.13. The number of nitrogens with two attached hydrogens (primary N) is 1. The number of rotatable bonds is 4. The second-order valence-electron chi connectivity index (χ2n) is 3.39. The highest BCUT2D eigenvalue weighted by molar-refractivity contribution is 9.10. The van der Waals surface area contributed by atoms with Crippen LogP contribution in [0.2, 0.25) is 0 Å². The quantitative estimate of drug-likeness (QED) is 0.902. The van der Waals surface area contributed by atoms with Gasteiger partial charge in [-0.15, -0.1) is 0 Å². The minimum absolute atomic E-state index is 0.148. The zero-order valence-electron chi connectivity index (χ0n) is 8.40. The Hall–Kier alpha value is -0.450. The third-order valence-electron chi connectivity index (χ3n) is 1.74. The van der Waals surface area contributed by atoms with Crippen LogP contribution in [0.5, 0.6) is 0 Å². The second kappa shape index (κ2) is 5.44. The lowest BCUT2D eigenvalue weighted by molar-refractivity contribution is 0.0676. The molecule has 1 heterocycles. The van der Waals surface area contributed by atoms with E-state index in [9.17, 15) is 0 Å². The van der Waals surface area contributed by atoms with Crippen LogP contribution < -0.4 is 5.73 Å². The second-order valence-corrected chi connectivity index (χ2v) is 4.31. The summed E-state index contributed by atoms with van der Waals surface area (Å²) in [6.07, 6.45) is 1.95. The van der Waals surface area contributed by atoms with Gasteiger partial charge in [0, 0.05) is 10.7 Å². The van der Waals surface area contributed by atoms with Crippen LogP contribution >= 0.6 is 15.9 Å². The fourth-order valence-electron chi connectivity index (χ4n) is 0.988. The smallest absolute Gasteiger partial charge is 0.0707 e. The number of pyridine rings is 1. The molecule has 0 bridgehead atoms. The van der Waals surface area contributed by atoms with E-state index in [2.05, 4.69) is 20.9 Å². The van der Waals surface area contributed by atoms with Crippen molar-refractivity contribution in [3.05, 3.63) is 28.5 Å². The molecule has 0 saturated carbocycles. The maximum atomic E-state index is 5.89. The van der Waals surface area contributed by atoms with E-state index in [4.69, 9.17) is 10.5 Å². The Balaban J connectivity index is 2.52. The van der Waals surface area contributed by atoms with Crippen LogP contribution in [0.25, 0.3) is 0 Å². The van der Waals surface area contributed by atoms with Crippen LogP contribution in [0, 0.1) is 0 Å². The van der Waals surface area contributed by atoms with Crippen molar-refractivity contribution < 1.29 is 4.74 Å². The zero-order chi connectivity index (χ0) is 10.6. The Morgan fingerprint density at radius 2 is 2.21 bits per heavy atom. The fourth-order valence-corrected chi connectivity index (χ4v) is 1.22. The fraction of sp³-hybridized carbons (Fsp3) is 0.500. The molecule has 0 radical (unpaired) electrons. The SMILES string of the molecule is CC(C)OCC(N)c1ccc(Br)cn1. The first-order chi connectivity index (χ1) is 6.59. The van der Waals surface area contributed by atoms with Crippen molar-refractivity contribution in [2.75, 3.05) is 6.61 Å². The van der Waals surface area contributed by atoms with Crippen molar-refractivity contribution in [1.82, 2.24) is 4.98 Å². The van der Waals surface area contributed by atoms with E-state index >= 15 is 0 Å². The Morgan fingerprint density at radius 3 is 2.71 bits per heavy atom. The minimum atomic E-state index is -0.148. The van der Waals surface area contributed by atoms with Crippen molar-refractivity contribution >= 4 is 15.9 Å². The largest absolute Gasteiger partial charge is 0.377 e. The molecule has 3 nitrogen and oxygen atoms in total. The van der Waals surface area contributed by atoms with Crippen LogP contribution in [0.1, 0.15) is 25.6 Å². The molecule has 0 fully saturated rings. The summed E-state index contributed by atoms with van der Waals surface area (Å²) in [4.78, 5) is 4.20. The van der Waals surface area contributed by atoms with Gasteiger partial charge in [0.05, 0.1) is 24.4 Å². The van der Waals surface area contributed by atoms with Crippen LogP contribution in [-0.4, -0.2) is 17.7 Å². The molecule has 1 aromatic rings. The molecule has 0 saturated heterocycles. The molecule has 1 rings (SSSR count). The summed E-state index contributed by atoms with van der Waals surface area (Å²) in [7, 11) is 0. The monoisotopic (exact) mass is 258 g/mol. The van der Waals surface area contributed by atoms with Crippen molar-refractivity contribution in [2.24, 2.45) is 5.73 Å². The molecular weight excluding hydrogens is 244 g/mol. The molecule has 1 atom stereocenters. The van der Waals surface area contributed by atoms with E-state index in [1.807, 2.05) is 26.0 Å². The van der Waals surface area contributed by atoms with Crippen LogP contribution in [0.4, 0.5) is 0 Å².